The van der Waals surface area contributed by atoms with Crippen LogP contribution < -0.4 is 5.32 Å². The van der Waals surface area contributed by atoms with Crippen molar-refractivity contribution < 1.29 is 0 Å². The summed E-state index contributed by atoms with van der Waals surface area (Å²) in [5.41, 5.74) is 1.41. The lowest BCUT2D eigenvalue weighted by Gasteiger charge is -2.23. The molecule has 14 heavy (non-hydrogen) atoms. The van der Waals surface area contributed by atoms with E-state index in [1.54, 1.807) is 0 Å². The summed E-state index contributed by atoms with van der Waals surface area (Å²) in [6.45, 7) is 2.30. The standard InChI is InChI=1S/C12H18N2/c1-13-12-8-5-9-14(12)10-11-6-3-2-4-7-11/h2-4,6-7,12-13H,5,8-10H2,1H3. The van der Waals surface area contributed by atoms with Crippen LogP contribution in [0, 0.1) is 0 Å². The van der Waals surface area contributed by atoms with Gasteiger partial charge in [0.15, 0.2) is 0 Å². The highest BCUT2D eigenvalue weighted by Gasteiger charge is 2.22. The van der Waals surface area contributed by atoms with Crippen LogP contribution in [-0.2, 0) is 6.54 Å². The maximum atomic E-state index is 3.36. The number of nitrogens with zero attached hydrogens (tertiary/aromatic N) is 1. The van der Waals surface area contributed by atoms with Crippen LogP contribution in [0.1, 0.15) is 18.4 Å². The SMILES string of the molecule is CNC1CCCN1Cc1ccccc1. The molecule has 0 aliphatic carbocycles. The van der Waals surface area contributed by atoms with Gasteiger partial charge in [0, 0.05) is 13.1 Å². The van der Waals surface area contributed by atoms with Gasteiger partial charge >= 0.3 is 0 Å². The Labute approximate surface area is 85.9 Å². The maximum absolute atomic E-state index is 3.36. The predicted octanol–water partition coefficient (Wildman–Crippen LogP) is 1.83. The van der Waals surface area contributed by atoms with Gasteiger partial charge in [-0.3, -0.25) is 4.90 Å². The van der Waals surface area contributed by atoms with Gasteiger partial charge in [-0.15, -0.1) is 0 Å². The number of likely N-dealkylation sites (tertiary alicyclic amines) is 1. The highest BCUT2D eigenvalue weighted by atomic mass is 15.3. The van der Waals surface area contributed by atoms with E-state index in [0.29, 0.717) is 6.17 Å². The Morgan fingerprint density at radius 2 is 2.14 bits per heavy atom. The Morgan fingerprint density at radius 3 is 2.86 bits per heavy atom. The van der Waals surface area contributed by atoms with Gasteiger partial charge in [0.25, 0.3) is 0 Å². The molecule has 1 aromatic rings. The fourth-order valence-corrected chi connectivity index (χ4v) is 2.16. The molecular weight excluding hydrogens is 172 g/mol. The third-order valence-corrected chi connectivity index (χ3v) is 2.93. The molecule has 0 saturated carbocycles. The summed E-state index contributed by atoms with van der Waals surface area (Å²) in [5.74, 6) is 0. The van der Waals surface area contributed by atoms with E-state index in [0.717, 1.165) is 6.54 Å². The van der Waals surface area contributed by atoms with Crippen LogP contribution in [0.15, 0.2) is 30.3 Å². The first-order valence-corrected chi connectivity index (χ1v) is 5.35. The van der Waals surface area contributed by atoms with Crippen molar-refractivity contribution in [3.05, 3.63) is 35.9 Å². The van der Waals surface area contributed by atoms with Crippen LogP contribution >= 0.6 is 0 Å². The molecule has 1 aromatic carbocycles. The van der Waals surface area contributed by atoms with Crippen molar-refractivity contribution >= 4 is 0 Å². The molecule has 1 fully saturated rings. The first kappa shape index (κ1) is 9.69. The lowest BCUT2D eigenvalue weighted by atomic mass is 10.2. The predicted molar refractivity (Wildman–Crippen MR) is 58.9 cm³/mol. The molecule has 0 spiro atoms. The summed E-state index contributed by atoms with van der Waals surface area (Å²) in [6.07, 6.45) is 3.18. The van der Waals surface area contributed by atoms with Crippen molar-refractivity contribution in [2.45, 2.75) is 25.6 Å². The fraction of sp³-hybridized carbons (Fsp3) is 0.500. The molecule has 2 nitrogen and oxygen atoms in total. The highest BCUT2D eigenvalue weighted by molar-refractivity contribution is 5.14. The third kappa shape index (κ3) is 2.14. The molecule has 2 rings (SSSR count). The Kier molecular flexibility index (Phi) is 3.17. The molecule has 1 unspecified atom stereocenters. The van der Waals surface area contributed by atoms with Crippen LogP contribution in [0.25, 0.3) is 0 Å². The molecule has 1 saturated heterocycles. The van der Waals surface area contributed by atoms with Crippen molar-refractivity contribution in [3.63, 3.8) is 0 Å². The van der Waals surface area contributed by atoms with Crippen molar-refractivity contribution in [2.24, 2.45) is 0 Å². The van der Waals surface area contributed by atoms with Crippen molar-refractivity contribution in [2.75, 3.05) is 13.6 Å². The highest BCUT2D eigenvalue weighted by Crippen LogP contribution is 2.17. The molecule has 0 aromatic heterocycles. The number of nitrogens with one attached hydrogen (secondary N) is 1. The number of hydrogen-bond acceptors (Lipinski definition) is 2. The zero-order valence-electron chi connectivity index (χ0n) is 8.74. The zero-order chi connectivity index (χ0) is 9.80. The summed E-state index contributed by atoms with van der Waals surface area (Å²) in [7, 11) is 2.05. The molecule has 0 bridgehead atoms. The maximum Gasteiger partial charge on any atom is 0.0598 e. The Hall–Kier alpha value is -0.860. The second kappa shape index (κ2) is 4.58. The van der Waals surface area contributed by atoms with E-state index >= 15 is 0 Å². The third-order valence-electron chi connectivity index (χ3n) is 2.93. The monoisotopic (exact) mass is 190 g/mol. The summed E-state index contributed by atoms with van der Waals surface area (Å²) < 4.78 is 0. The van der Waals surface area contributed by atoms with Gasteiger partial charge in [-0.25, -0.2) is 0 Å². The molecular formula is C12H18N2. The minimum absolute atomic E-state index is 0.579. The summed E-state index contributed by atoms with van der Waals surface area (Å²) in [4.78, 5) is 2.51. The second-order valence-corrected chi connectivity index (χ2v) is 3.90. The van der Waals surface area contributed by atoms with Crippen molar-refractivity contribution in [3.8, 4) is 0 Å². The normalized spacial score (nSPS) is 22.8. The number of benzene rings is 1. The smallest absolute Gasteiger partial charge is 0.0598 e. The lowest BCUT2D eigenvalue weighted by Crippen LogP contribution is -2.38. The van der Waals surface area contributed by atoms with E-state index in [1.165, 1.54) is 24.9 Å². The van der Waals surface area contributed by atoms with Gasteiger partial charge in [0.1, 0.15) is 0 Å². The molecule has 0 radical (unpaired) electrons. The Morgan fingerprint density at radius 1 is 1.36 bits per heavy atom. The number of rotatable bonds is 3. The first-order chi connectivity index (χ1) is 6.90. The number of hydrogen-bond donors (Lipinski definition) is 1. The van der Waals surface area contributed by atoms with Crippen LogP contribution in [0.4, 0.5) is 0 Å². The second-order valence-electron chi connectivity index (χ2n) is 3.90. The van der Waals surface area contributed by atoms with Crippen molar-refractivity contribution in [1.82, 2.24) is 10.2 Å². The van der Waals surface area contributed by atoms with Gasteiger partial charge in [-0.2, -0.15) is 0 Å². The van der Waals surface area contributed by atoms with Crippen LogP contribution in [0.3, 0.4) is 0 Å². The Balaban J connectivity index is 1.97. The molecule has 1 aliphatic heterocycles. The largest absolute Gasteiger partial charge is 0.305 e. The van der Waals surface area contributed by atoms with Gasteiger partial charge in [-0.05, 0) is 25.5 Å². The van der Waals surface area contributed by atoms with Crippen molar-refractivity contribution in [1.29, 1.82) is 0 Å². The first-order valence-electron chi connectivity index (χ1n) is 5.35. The average molecular weight is 190 g/mol. The summed E-state index contributed by atoms with van der Waals surface area (Å²) in [5, 5.41) is 3.36. The molecule has 0 amide bonds. The van der Waals surface area contributed by atoms with Crippen LogP contribution in [-0.4, -0.2) is 24.7 Å². The average Bonchev–Trinajstić information content (AvgIpc) is 2.67. The Bertz CT molecular complexity index is 271. The molecule has 2 heteroatoms. The van der Waals surface area contributed by atoms with E-state index in [-0.39, 0.29) is 0 Å². The zero-order valence-corrected chi connectivity index (χ0v) is 8.74. The van der Waals surface area contributed by atoms with E-state index in [2.05, 4.69) is 40.5 Å². The molecule has 1 heterocycles. The van der Waals surface area contributed by atoms with Gasteiger partial charge in [0.05, 0.1) is 6.17 Å². The fourth-order valence-electron chi connectivity index (χ4n) is 2.16. The van der Waals surface area contributed by atoms with E-state index in [9.17, 15) is 0 Å². The van der Waals surface area contributed by atoms with E-state index < -0.39 is 0 Å². The topological polar surface area (TPSA) is 15.3 Å². The summed E-state index contributed by atoms with van der Waals surface area (Å²) >= 11 is 0. The lowest BCUT2D eigenvalue weighted by molar-refractivity contribution is 0.220. The molecule has 1 atom stereocenters. The van der Waals surface area contributed by atoms with Gasteiger partial charge in [0.2, 0.25) is 0 Å². The van der Waals surface area contributed by atoms with Gasteiger partial charge in [-0.1, -0.05) is 30.3 Å². The summed E-state index contributed by atoms with van der Waals surface area (Å²) in [6, 6.07) is 10.7. The minimum Gasteiger partial charge on any atom is -0.305 e. The quantitative estimate of drug-likeness (QED) is 0.782. The van der Waals surface area contributed by atoms with Crippen LogP contribution in [0.5, 0.6) is 0 Å². The van der Waals surface area contributed by atoms with E-state index in [1.807, 2.05) is 7.05 Å². The van der Waals surface area contributed by atoms with Crippen LogP contribution in [0.2, 0.25) is 0 Å². The van der Waals surface area contributed by atoms with Gasteiger partial charge < -0.3 is 5.32 Å². The minimum atomic E-state index is 0.579. The molecule has 1 N–H and O–H groups in total. The molecule has 76 valence electrons. The van der Waals surface area contributed by atoms with E-state index in [4.69, 9.17) is 0 Å². The molecule has 1 aliphatic rings.